The first kappa shape index (κ1) is 10.8. The van der Waals surface area contributed by atoms with Crippen molar-refractivity contribution < 1.29 is 4.74 Å². The number of ether oxygens (including phenoxy) is 1. The molecule has 18 heavy (non-hydrogen) atoms. The molecule has 2 aliphatic rings. The van der Waals surface area contributed by atoms with Crippen molar-refractivity contribution in [1.82, 2.24) is 14.6 Å². The molecule has 2 aromatic heterocycles. The number of imidazole rings is 1. The number of anilines is 1. The lowest BCUT2D eigenvalue weighted by Crippen LogP contribution is -2.46. The predicted octanol–water partition coefficient (Wildman–Crippen LogP) is 1.86. The smallest absolute Gasteiger partial charge is 0.154 e. The molecule has 94 valence electrons. The maximum Gasteiger partial charge on any atom is 0.154 e. The molecule has 0 amide bonds. The molecular formula is C12H13BrN4O. The van der Waals surface area contributed by atoms with Crippen LogP contribution in [0.5, 0.6) is 0 Å². The standard InChI is InChI=1S/C12H13BrN4O/c13-9-7-14-10-1-2-11(15-17(9)10)16-5-3-12(8-16)4-6-18-12/h1-2,7H,3-6,8H2. The summed E-state index contributed by atoms with van der Waals surface area (Å²) in [6, 6.07) is 4.03. The van der Waals surface area contributed by atoms with E-state index in [0.29, 0.717) is 0 Å². The van der Waals surface area contributed by atoms with Crippen molar-refractivity contribution in [3.8, 4) is 0 Å². The minimum atomic E-state index is 0.114. The number of fused-ring (bicyclic) bond motifs is 1. The molecule has 1 unspecified atom stereocenters. The second kappa shape index (κ2) is 3.68. The Balaban J connectivity index is 1.68. The van der Waals surface area contributed by atoms with Gasteiger partial charge in [0.2, 0.25) is 0 Å². The molecule has 0 aliphatic carbocycles. The Morgan fingerprint density at radius 2 is 2.22 bits per heavy atom. The van der Waals surface area contributed by atoms with Crippen molar-refractivity contribution in [2.75, 3.05) is 24.6 Å². The van der Waals surface area contributed by atoms with Gasteiger partial charge in [-0.2, -0.15) is 0 Å². The summed E-state index contributed by atoms with van der Waals surface area (Å²) in [7, 11) is 0. The zero-order chi connectivity index (χ0) is 12.2. The molecule has 2 aliphatic heterocycles. The van der Waals surface area contributed by atoms with E-state index in [-0.39, 0.29) is 5.60 Å². The van der Waals surface area contributed by atoms with Crippen molar-refractivity contribution in [2.45, 2.75) is 18.4 Å². The third-order valence-corrected chi connectivity index (χ3v) is 4.45. The van der Waals surface area contributed by atoms with Gasteiger partial charge < -0.3 is 9.64 Å². The molecule has 6 heteroatoms. The highest BCUT2D eigenvalue weighted by Gasteiger charge is 2.44. The van der Waals surface area contributed by atoms with Crippen LogP contribution in [0.15, 0.2) is 22.9 Å². The summed E-state index contributed by atoms with van der Waals surface area (Å²) in [5, 5.41) is 4.62. The Morgan fingerprint density at radius 3 is 2.94 bits per heavy atom. The largest absolute Gasteiger partial charge is 0.373 e. The Bertz CT molecular complexity index is 607. The van der Waals surface area contributed by atoms with Crippen molar-refractivity contribution in [3.05, 3.63) is 22.9 Å². The quantitative estimate of drug-likeness (QED) is 0.806. The predicted molar refractivity (Wildman–Crippen MR) is 70.8 cm³/mol. The van der Waals surface area contributed by atoms with Crippen LogP contribution in [0, 0.1) is 0 Å². The van der Waals surface area contributed by atoms with Crippen LogP contribution in [0.25, 0.3) is 5.65 Å². The summed E-state index contributed by atoms with van der Waals surface area (Å²) in [4.78, 5) is 6.55. The van der Waals surface area contributed by atoms with E-state index in [1.54, 1.807) is 6.20 Å². The van der Waals surface area contributed by atoms with Gasteiger partial charge in [-0.3, -0.25) is 0 Å². The molecule has 2 aromatic rings. The highest BCUT2D eigenvalue weighted by molar-refractivity contribution is 9.10. The van der Waals surface area contributed by atoms with Gasteiger partial charge >= 0.3 is 0 Å². The van der Waals surface area contributed by atoms with E-state index in [1.807, 2.05) is 16.6 Å². The zero-order valence-corrected chi connectivity index (χ0v) is 11.4. The number of halogens is 1. The number of hydrogen-bond acceptors (Lipinski definition) is 4. The second-order valence-corrected chi connectivity index (χ2v) is 5.81. The normalized spacial score (nSPS) is 27.1. The molecule has 1 spiro atoms. The minimum absolute atomic E-state index is 0.114. The Hall–Kier alpha value is -1.14. The van der Waals surface area contributed by atoms with E-state index in [1.165, 1.54) is 6.42 Å². The topological polar surface area (TPSA) is 42.7 Å². The summed E-state index contributed by atoms with van der Waals surface area (Å²) >= 11 is 3.45. The van der Waals surface area contributed by atoms with E-state index < -0.39 is 0 Å². The third kappa shape index (κ3) is 1.48. The summed E-state index contributed by atoms with van der Waals surface area (Å²) in [6.07, 6.45) is 4.06. The van der Waals surface area contributed by atoms with Gasteiger partial charge in [-0.1, -0.05) is 0 Å². The summed E-state index contributed by atoms with van der Waals surface area (Å²) in [6.45, 7) is 2.88. The number of nitrogens with zero attached hydrogens (tertiary/aromatic N) is 4. The molecule has 1 atom stereocenters. The summed E-state index contributed by atoms with van der Waals surface area (Å²) in [5.41, 5.74) is 0.974. The molecule has 0 saturated carbocycles. The first-order valence-corrected chi connectivity index (χ1v) is 6.94. The van der Waals surface area contributed by atoms with Crippen LogP contribution in [0.2, 0.25) is 0 Å². The van der Waals surface area contributed by atoms with Crippen molar-refractivity contribution in [3.63, 3.8) is 0 Å². The lowest BCUT2D eigenvalue weighted by molar-refractivity contribution is -0.130. The fraction of sp³-hybridized carbons (Fsp3) is 0.500. The van der Waals surface area contributed by atoms with E-state index in [4.69, 9.17) is 4.74 Å². The monoisotopic (exact) mass is 308 g/mol. The SMILES string of the molecule is Brc1cnc2ccc(N3CCC4(CCO4)C3)nn12. The first-order chi connectivity index (χ1) is 8.76. The molecular weight excluding hydrogens is 296 g/mol. The number of hydrogen-bond donors (Lipinski definition) is 0. The van der Waals surface area contributed by atoms with Crippen LogP contribution >= 0.6 is 15.9 Å². The highest BCUT2D eigenvalue weighted by Crippen LogP contribution is 2.37. The Kier molecular flexibility index (Phi) is 2.20. The van der Waals surface area contributed by atoms with Crippen LogP contribution < -0.4 is 4.90 Å². The van der Waals surface area contributed by atoms with Gasteiger partial charge in [0.1, 0.15) is 10.4 Å². The van der Waals surface area contributed by atoms with Crippen LogP contribution in [0.1, 0.15) is 12.8 Å². The number of rotatable bonds is 1. The van der Waals surface area contributed by atoms with Gasteiger partial charge in [0, 0.05) is 19.5 Å². The lowest BCUT2D eigenvalue weighted by Gasteiger charge is -2.38. The van der Waals surface area contributed by atoms with Gasteiger partial charge in [-0.25, -0.2) is 9.50 Å². The summed E-state index contributed by atoms with van der Waals surface area (Å²) < 4.78 is 8.43. The molecule has 2 fully saturated rings. The third-order valence-electron chi connectivity index (χ3n) is 3.91. The van der Waals surface area contributed by atoms with Gasteiger partial charge in [0.15, 0.2) is 5.65 Å². The second-order valence-electron chi connectivity index (χ2n) is 5.00. The molecule has 0 radical (unpaired) electrons. The Labute approximate surface area is 113 Å². The molecule has 4 rings (SSSR count). The fourth-order valence-electron chi connectivity index (χ4n) is 2.76. The van der Waals surface area contributed by atoms with Crippen LogP contribution in [0.4, 0.5) is 5.82 Å². The van der Waals surface area contributed by atoms with E-state index in [2.05, 4.69) is 30.9 Å². The van der Waals surface area contributed by atoms with E-state index >= 15 is 0 Å². The molecule has 0 N–H and O–H groups in total. The number of aromatic nitrogens is 3. The average molecular weight is 309 g/mol. The molecule has 0 bridgehead atoms. The Morgan fingerprint density at radius 1 is 1.33 bits per heavy atom. The van der Waals surface area contributed by atoms with E-state index in [9.17, 15) is 0 Å². The molecule has 0 aromatic carbocycles. The van der Waals surface area contributed by atoms with Crippen molar-refractivity contribution in [2.24, 2.45) is 0 Å². The fourth-order valence-corrected chi connectivity index (χ4v) is 3.12. The minimum Gasteiger partial charge on any atom is -0.373 e. The van der Waals surface area contributed by atoms with Gasteiger partial charge in [0.25, 0.3) is 0 Å². The van der Waals surface area contributed by atoms with E-state index in [0.717, 1.165) is 42.2 Å². The maximum atomic E-state index is 5.73. The van der Waals surface area contributed by atoms with Gasteiger partial charge in [0.05, 0.1) is 18.4 Å². The van der Waals surface area contributed by atoms with Crippen LogP contribution in [-0.2, 0) is 4.74 Å². The maximum absolute atomic E-state index is 5.73. The lowest BCUT2D eigenvalue weighted by atomic mass is 9.94. The highest BCUT2D eigenvalue weighted by atomic mass is 79.9. The molecule has 2 saturated heterocycles. The van der Waals surface area contributed by atoms with Crippen LogP contribution in [0.3, 0.4) is 0 Å². The van der Waals surface area contributed by atoms with Gasteiger partial charge in [-0.05, 0) is 34.5 Å². The van der Waals surface area contributed by atoms with Crippen molar-refractivity contribution >= 4 is 27.4 Å². The zero-order valence-electron chi connectivity index (χ0n) is 9.84. The molecule has 5 nitrogen and oxygen atoms in total. The van der Waals surface area contributed by atoms with Gasteiger partial charge in [-0.15, -0.1) is 5.10 Å². The summed E-state index contributed by atoms with van der Waals surface area (Å²) in [5.74, 6) is 0.994. The average Bonchev–Trinajstić information content (AvgIpc) is 2.93. The molecule has 4 heterocycles. The van der Waals surface area contributed by atoms with Crippen molar-refractivity contribution in [1.29, 1.82) is 0 Å². The van der Waals surface area contributed by atoms with Crippen LogP contribution in [-0.4, -0.2) is 39.9 Å². The first-order valence-electron chi connectivity index (χ1n) is 6.15.